The van der Waals surface area contributed by atoms with Crippen molar-refractivity contribution in [1.29, 1.82) is 0 Å². The van der Waals surface area contributed by atoms with E-state index < -0.39 is 0 Å². The molecule has 0 saturated carbocycles. The Morgan fingerprint density at radius 3 is 2.42 bits per heavy atom. The number of aromatic nitrogens is 2. The first-order valence-electron chi connectivity index (χ1n) is 5.59. The minimum atomic E-state index is 0.387. The molecule has 0 radical (unpaired) electrons. The molecule has 0 aliphatic carbocycles. The van der Waals surface area contributed by atoms with Crippen LogP contribution in [0.1, 0.15) is 6.92 Å². The Hall–Kier alpha value is -1.23. The van der Waals surface area contributed by atoms with E-state index in [0.29, 0.717) is 39.1 Å². The number of hydrogen-bond donors (Lipinski definition) is 2. The SMILES string of the molecule is CCNc1ncc(Cl)c(Nc2c(Cl)cccc2Cl)n1. The Kier molecular flexibility index (Phi) is 4.69. The molecule has 2 rings (SSSR count). The van der Waals surface area contributed by atoms with Gasteiger partial charge in [0.1, 0.15) is 5.02 Å². The zero-order chi connectivity index (χ0) is 13.8. The van der Waals surface area contributed by atoms with Crippen LogP contribution in [-0.2, 0) is 0 Å². The molecule has 0 saturated heterocycles. The number of benzene rings is 1. The van der Waals surface area contributed by atoms with Gasteiger partial charge in [-0.2, -0.15) is 4.98 Å². The second-order valence-electron chi connectivity index (χ2n) is 3.64. The van der Waals surface area contributed by atoms with Gasteiger partial charge in [0, 0.05) is 6.54 Å². The summed E-state index contributed by atoms with van der Waals surface area (Å²) < 4.78 is 0. The fourth-order valence-electron chi connectivity index (χ4n) is 1.43. The van der Waals surface area contributed by atoms with Gasteiger partial charge in [-0.25, -0.2) is 4.98 Å². The first-order chi connectivity index (χ1) is 9.11. The Morgan fingerprint density at radius 2 is 1.79 bits per heavy atom. The maximum atomic E-state index is 6.08. The number of halogens is 3. The predicted octanol–water partition coefficient (Wildman–Crippen LogP) is 4.61. The first-order valence-corrected chi connectivity index (χ1v) is 6.72. The average Bonchev–Trinajstić information content (AvgIpc) is 2.38. The first kappa shape index (κ1) is 14.2. The topological polar surface area (TPSA) is 49.8 Å². The normalized spacial score (nSPS) is 10.3. The van der Waals surface area contributed by atoms with Crippen molar-refractivity contribution < 1.29 is 0 Å². The third-order valence-electron chi connectivity index (χ3n) is 2.29. The summed E-state index contributed by atoms with van der Waals surface area (Å²) in [4.78, 5) is 8.31. The number of hydrogen-bond acceptors (Lipinski definition) is 4. The van der Waals surface area contributed by atoms with E-state index in [1.165, 1.54) is 6.20 Å². The summed E-state index contributed by atoms with van der Waals surface area (Å²) in [5.74, 6) is 0.931. The largest absolute Gasteiger partial charge is 0.354 e. The summed E-state index contributed by atoms with van der Waals surface area (Å²) in [6.07, 6.45) is 1.51. The van der Waals surface area contributed by atoms with Crippen molar-refractivity contribution in [1.82, 2.24) is 9.97 Å². The Balaban J connectivity index is 2.35. The van der Waals surface area contributed by atoms with Gasteiger partial charge in [-0.3, -0.25) is 0 Å². The molecule has 1 aromatic heterocycles. The van der Waals surface area contributed by atoms with Gasteiger partial charge in [0.25, 0.3) is 0 Å². The molecule has 2 N–H and O–H groups in total. The van der Waals surface area contributed by atoms with Crippen molar-refractivity contribution >= 4 is 52.3 Å². The summed E-state index contributed by atoms with van der Waals surface area (Å²) >= 11 is 18.2. The summed E-state index contributed by atoms with van der Waals surface area (Å²) in [5.41, 5.74) is 0.564. The van der Waals surface area contributed by atoms with Crippen LogP contribution in [0.15, 0.2) is 24.4 Å². The standard InChI is InChI=1S/C12H11Cl3N4/c1-2-16-12-17-6-9(15)11(19-12)18-10-7(13)4-3-5-8(10)14/h3-6H,2H2,1H3,(H2,16,17,18,19). The highest BCUT2D eigenvalue weighted by atomic mass is 35.5. The molecule has 0 fully saturated rings. The molecule has 0 atom stereocenters. The van der Waals surface area contributed by atoms with Crippen molar-refractivity contribution in [3.05, 3.63) is 39.5 Å². The summed E-state index contributed by atoms with van der Waals surface area (Å²) in [6, 6.07) is 5.23. The molecule has 1 heterocycles. The van der Waals surface area contributed by atoms with E-state index >= 15 is 0 Å². The molecule has 4 nitrogen and oxygen atoms in total. The highest BCUT2D eigenvalue weighted by molar-refractivity contribution is 6.39. The van der Waals surface area contributed by atoms with Crippen molar-refractivity contribution in [2.24, 2.45) is 0 Å². The van der Waals surface area contributed by atoms with E-state index in [0.717, 1.165) is 0 Å². The van der Waals surface area contributed by atoms with Crippen LogP contribution in [0.2, 0.25) is 15.1 Å². The zero-order valence-corrected chi connectivity index (χ0v) is 12.3. The number of para-hydroxylation sites is 1. The summed E-state index contributed by atoms with van der Waals surface area (Å²) in [7, 11) is 0. The molecule has 0 amide bonds. The number of anilines is 3. The molecule has 0 spiro atoms. The van der Waals surface area contributed by atoms with Crippen molar-refractivity contribution in [2.45, 2.75) is 6.92 Å². The van der Waals surface area contributed by atoms with Crippen LogP contribution in [0, 0.1) is 0 Å². The molecule has 7 heteroatoms. The Morgan fingerprint density at radius 1 is 1.11 bits per heavy atom. The zero-order valence-electron chi connectivity index (χ0n) is 10.0. The lowest BCUT2D eigenvalue weighted by atomic mass is 10.3. The lowest BCUT2D eigenvalue weighted by molar-refractivity contribution is 1.09. The van der Waals surface area contributed by atoms with E-state index in [-0.39, 0.29) is 0 Å². The van der Waals surface area contributed by atoms with Gasteiger partial charge in [-0.15, -0.1) is 0 Å². The molecular formula is C12H11Cl3N4. The minimum Gasteiger partial charge on any atom is -0.354 e. The molecule has 100 valence electrons. The summed E-state index contributed by atoms with van der Waals surface area (Å²) in [5, 5.41) is 7.40. The average molecular weight is 318 g/mol. The highest BCUT2D eigenvalue weighted by Gasteiger charge is 2.10. The molecular weight excluding hydrogens is 307 g/mol. The van der Waals surface area contributed by atoms with Gasteiger partial charge in [0.05, 0.1) is 21.9 Å². The molecule has 0 bridgehead atoms. The maximum Gasteiger partial charge on any atom is 0.224 e. The van der Waals surface area contributed by atoms with Crippen LogP contribution < -0.4 is 10.6 Å². The second kappa shape index (κ2) is 6.28. The third kappa shape index (κ3) is 3.41. The van der Waals surface area contributed by atoms with Gasteiger partial charge < -0.3 is 10.6 Å². The van der Waals surface area contributed by atoms with Crippen molar-refractivity contribution in [3.63, 3.8) is 0 Å². The van der Waals surface area contributed by atoms with Crippen LogP contribution >= 0.6 is 34.8 Å². The predicted molar refractivity (Wildman–Crippen MR) is 81.0 cm³/mol. The van der Waals surface area contributed by atoms with Gasteiger partial charge in [0.2, 0.25) is 5.95 Å². The molecule has 1 aromatic carbocycles. The van der Waals surface area contributed by atoms with Gasteiger partial charge in [-0.05, 0) is 19.1 Å². The lowest BCUT2D eigenvalue weighted by Gasteiger charge is -2.11. The smallest absolute Gasteiger partial charge is 0.224 e. The Labute approximate surface area is 126 Å². The maximum absolute atomic E-state index is 6.08. The molecule has 0 aliphatic heterocycles. The molecule has 19 heavy (non-hydrogen) atoms. The fraction of sp³-hybridized carbons (Fsp3) is 0.167. The van der Waals surface area contributed by atoms with Crippen molar-refractivity contribution in [3.8, 4) is 0 Å². The number of rotatable bonds is 4. The van der Waals surface area contributed by atoms with Gasteiger partial charge in [-0.1, -0.05) is 40.9 Å². The van der Waals surface area contributed by atoms with E-state index in [1.54, 1.807) is 18.2 Å². The van der Waals surface area contributed by atoms with Gasteiger partial charge in [0.15, 0.2) is 5.82 Å². The van der Waals surface area contributed by atoms with Crippen LogP contribution in [-0.4, -0.2) is 16.5 Å². The van der Waals surface area contributed by atoms with E-state index in [1.807, 2.05) is 6.92 Å². The minimum absolute atomic E-state index is 0.387. The lowest BCUT2D eigenvalue weighted by Crippen LogP contribution is -2.04. The van der Waals surface area contributed by atoms with Crippen molar-refractivity contribution in [2.75, 3.05) is 17.2 Å². The van der Waals surface area contributed by atoms with E-state index in [9.17, 15) is 0 Å². The van der Waals surface area contributed by atoms with Crippen LogP contribution in [0.25, 0.3) is 0 Å². The van der Waals surface area contributed by atoms with E-state index in [2.05, 4.69) is 20.6 Å². The van der Waals surface area contributed by atoms with Crippen LogP contribution in [0.3, 0.4) is 0 Å². The molecule has 0 unspecified atom stereocenters. The van der Waals surface area contributed by atoms with Crippen LogP contribution in [0.5, 0.6) is 0 Å². The van der Waals surface area contributed by atoms with E-state index in [4.69, 9.17) is 34.8 Å². The third-order valence-corrected chi connectivity index (χ3v) is 3.19. The molecule has 0 aliphatic rings. The van der Waals surface area contributed by atoms with Gasteiger partial charge >= 0.3 is 0 Å². The highest BCUT2D eigenvalue weighted by Crippen LogP contribution is 2.34. The Bertz CT molecular complexity index is 569. The number of nitrogens with one attached hydrogen (secondary N) is 2. The second-order valence-corrected chi connectivity index (χ2v) is 4.86. The van der Waals surface area contributed by atoms with Crippen LogP contribution in [0.4, 0.5) is 17.5 Å². The monoisotopic (exact) mass is 316 g/mol. The molecule has 2 aromatic rings. The fourth-order valence-corrected chi connectivity index (χ4v) is 2.06. The quantitative estimate of drug-likeness (QED) is 0.864. The summed E-state index contributed by atoms with van der Waals surface area (Å²) in [6.45, 7) is 2.67. The number of nitrogens with zero attached hydrogens (tertiary/aromatic N) is 2.